The molecule has 1 heterocycles. The summed E-state index contributed by atoms with van der Waals surface area (Å²) in [5.41, 5.74) is 0.660. The molecule has 0 radical (unpaired) electrons. The molecule has 7 heteroatoms. The summed E-state index contributed by atoms with van der Waals surface area (Å²) in [4.78, 5) is 11.8. The number of carbonyl (C=O) groups is 1. The lowest BCUT2D eigenvalue weighted by Gasteiger charge is -2.08. The second kappa shape index (κ2) is 5.96. The zero-order valence-electron chi connectivity index (χ0n) is 10.9. The van der Waals surface area contributed by atoms with Crippen molar-refractivity contribution in [2.75, 3.05) is 11.9 Å². The van der Waals surface area contributed by atoms with Crippen LogP contribution in [0.1, 0.15) is 23.0 Å². The maximum atomic E-state index is 13.6. The Bertz CT molecular complexity index is 643. The van der Waals surface area contributed by atoms with E-state index in [1.807, 2.05) is 0 Å². The molecule has 0 saturated carbocycles. The number of hydrogen-bond acceptors (Lipinski definition) is 5. The quantitative estimate of drug-likeness (QED) is 0.875. The van der Waals surface area contributed by atoms with Crippen molar-refractivity contribution in [2.45, 2.75) is 13.8 Å². The molecule has 20 heavy (non-hydrogen) atoms. The average Bonchev–Trinajstić information content (AvgIpc) is 2.76. The summed E-state index contributed by atoms with van der Waals surface area (Å²) in [5.74, 6) is -2.51. The Kier molecular flexibility index (Phi) is 4.29. The standard InChI is InChI=1S/C13H12F2N2O2S/c1-3-19-13(18)10-7(2)17-20-12(10)16-9-6-4-5-8(14)11(9)15/h4-6,16H,3H2,1-2H3. The fourth-order valence-corrected chi connectivity index (χ4v) is 2.42. The van der Waals surface area contributed by atoms with Crippen molar-refractivity contribution in [1.82, 2.24) is 4.37 Å². The number of aromatic nitrogens is 1. The lowest BCUT2D eigenvalue weighted by molar-refractivity contribution is 0.0527. The van der Waals surface area contributed by atoms with E-state index in [2.05, 4.69) is 9.69 Å². The van der Waals surface area contributed by atoms with Crippen LogP contribution in [0.4, 0.5) is 19.5 Å². The Hall–Kier alpha value is -2.02. The van der Waals surface area contributed by atoms with Gasteiger partial charge in [0.25, 0.3) is 0 Å². The molecule has 1 aromatic heterocycles. The lowest BCUT2D eigenvalue weighted by Crippen LogP contribution is -2.08. The van der Waals surface area contributed by atoms with Gasteiger partial charge in [0.1, 0.15) is 10.6 Å². The molecule has 0 amide bonds. The second-order valence-corrected chi connectivity index (χ2v) is 4.69. The Balaban J connectivity index is 2.35. The minimum absolute atomic E-state index is 0.0563. The molecule has 0 saturated heterocycles. The Morgan fingerprint density at radius 1 is 1.45 bits per heavy atom. The van der Waals surface area contributed by atoms with Gasteiger partial charge in [-0.05, 0) is 37.5 Å². The van der Waals surface area contributed by atoms with Crippen molar-refractivity contribution in [1.29, 1.82) is 0 Å². The normalized spacial score (nSPS) is 10.4. The SMILES string of the molecule is CCOC(=O)c1c(C)nsc1Nc1cccc(F)c1F. The first-order valence-corrected chi connectivity index (χ1v) is 6.66. The van der Waals surface area contributed by atoms with Gasteiger partial charge in [-0.1, -0.05) is 6.07 Å². The summed E-state index contributed by atoms with van der Waals surface area (Å²) >= 11 is 0.989. The third-order valence-corrected chi connectivity index (χ3v) is 3.40. The van der Waals surface area contributed by atoms with Gasteiger partial charge in [-0.15, -0.1) is 0 Å². The highest BCUT2D eigenvalue weighted by Gasteiger charge is 2.21. The number of halogens is 2. The van der Waals surface area contributed by atoms with E-state index in [1.54, 1.807) is 13.8 Å². The fourth-order valence-electron chi connectivity index (χ4n) is 1.62. The summed E-state index contributed by atoms with van der Waals surface area (Å²) in [6.07, 6.45) is 0. The highest BCUT2D eigenvalue weighted by molar-refractivity contribution is 7.10. The van der Waals surface area contributed by atoms with Gasteiger partial charge >= 0.3 is 5.97 Å². The van der Waals surface area contributed by atoms with Crippen LogP contribution in [-0.2, 0) is 4.74 Å². The molecule has 0 aliphatic heterocycles. The van der Waals surface area contributed by atoms with Gasteiger partial charge in [0.05, 0.1) is 18.0 Å². The monoisotopic (exact) mass is 298 g/mol. The van der Waals surface area contributed by atoms with Crippen molar-refractivity contribution in [3.05, 3.63) is 41.1 Å². The van der Waals surface area contributed by atoms with E-state index in [9.17, 15) is 13.6 Å². The Morgan fingerprint density at radius 3 is 2.90 bits per heavy atom. The third-order valence-electron chi connectivity index (χ3n) is 2.54. The molecule has 0 aliphatic rings. The van der Waals surface area contributed by atoms with Crippen LogP contribution in [0.3, 0.4) is 0 Å². The largest absolute Gasteiger partial charge is 0.462 e. The molecule has 0 atom stereocenters. The highest BCUT2D eigenvalue weighted by atomic mass is 32.1. The number of nitrogens with zero attached hydrogens (tertiary/aromatic N) is 1. The molecule has 0 unspecified atom stereocenters. The molecule has 0 fully saturated rings. The number of esters is 1. The number of aryl methyl sites for hydroxylation is 1. The van der Waals surface area contributed by atoms with Crippen molar-refractivity contribution >= 4 is 28.2 Å². The Labute approximate surface area is 118 Å². The number of ether oxygens (including phenoxy) is 1. The van der Waals surface area contributed by atoms with Crippen LogP contribution >= 0.6 is 11.5 Å². The van der Waals surface area contributed by atoms with E-state index in [0.29, 0.717) is 10.7 Å². The van der Waals surface area contributed by atoms with Crippen LogP contribution in [0.5, 0.6) is 0 Å². The second-order valence-electron chi connectivity index (χ2n) is 3.92. The topological polar surface area (TPSA) is 51.2 Å². The van der Waals surface area contributed by atoms with Gasteiger partial charge < -0.3 is 10.1 Å². The predicted molar refractivity (Wildman–Crippen MR) is 72.4 cm³/mol. The van der Waals surface area contributed by atoms with Crippen molar-refractivity contribution in [3.63, 3.8) is 0 Å². The van der Waals surface area contributed by atoms with Gasteiger partial charge in [-0.25, -0.2) is 13.6 Å². The number of hydrogen-bond donors (Lipinski definition) is 1. The van der Waals surface area contributed by atoms with Gasteiger partial charge in [-0.2, -0.15) is 4.37 Å². The Morgan fingerprint density at radius 2 is 2.20 bits per heavy atom. The minimum Gasteiger partial charge on any atom is -0.462 e. The zero-order chi connectivity index (χ0) is 14.7. The molecule has 1 N–H and O–H groups in total. The first-order chi connectivity index (χ1) is 9.54. The molecular weight excluding hydrogens is 286 g/mol. The number of benzene rings is 1. The van der Waals surface area contributed by atoms with Gasteiger partial charge in [0.15, 0.2) is 11.6 Å². The zero-order valence-corrected chi connectivity index (χ0v) is 11.7. The fraction of sp³-hybridized carbons (Fsp3) is 0.231. The smallest absolute Gasteiger partial charge is 0.343 e. The summed E-state index contributed by atoms with van der Waals surface area (Å²) in [6, 6.07) is 3.77. The van der Waals surface area contributed by atoms with E-state index < -0.39 is 17.6 Å². The summed E-state index contributed by atoms with van der Waals surface area (Å²) in [6.45, 7) is 3.56. The molecule has 4 nitrogen and oxygen atoms in total. The van der Waals surface area contributed by atoms with E-state index in [4.69, 9.17) is 4.74 Å². The summed E-state index contributed by atoms with van der Waals surface area (Å²) in [7, 11) is 0. The van der Waals surface area contributed by atoms with E-state index in [-0.39, 0.29) is 17.9 Å². The molecule has 1 aromatic carbocycles. The van der Waals surface area contributed by atoms with Crippen LogP contribution in [0.15, 0.2) is 18.2 Å². The molecule has 0 spiro atoms. The van der Waals surface area contributed by atoms with Gasteiger partial charge in [0.2, 0.25) is 0 Å². The summed E-state index contributed by atoms with van der Waals surface area (Å²) in [5, 5.41) is 3.01. The first kappa shape index (κ1) is 14.4. The molecule has 106 valence electrons. The van der Waals surface area contributed by atoms with E-state index in [0.717, 1.165) is 17.6 Å². The molecule has 2 rings (SSSR count). The van der Waals surface area contributed by atoms with Crippen LogP contribution in [0, 0.1) is 18.6 Å². The van der Waals surface area contributed by atoms with Gasteiger partial charge in [-0.3, -0.25) is 0 Å². The molecule has 2 aromatic rings. The first-order valence-electron chi connectivity index (χ1n) is 5.89. The number of carbonyl (C=O) groups excluding carboxylic acids is 1. The van der Waals surface area contributed by atoms with Gasteiger partial charge in [0, 0.05) is 0 Å². The molecule has 0 bridgehead atoms. The molecule has 0 aliphatic carbocycles. The highest BCUT2D eigenvalue weighted by Crippen LogP contribution is 2.30. The number of nitrogens with one attached hydrogen (secondary N) is 1. The average molecular weight is 298 g/mol. The van der Waals surface area contributed by atoms with E-state index in [1.165, 1.54) is 12.1 Å². The van der Waals surface area contributed by atoms with Crippen LogP contribution in [-0.4, -0.2) is 16.9 Å². The van der Waals surface area contributed by atoms with Crippen molar-refractivity contribution in [3.8, 4) is 0 Å². The summed E-state index contributed by atoms with van der Waals surface area (Å²) < 4.78 is 35.7. The number of anilines is 2. The van der Waals surface area contributed by atoms with Crippen molar-refractivity contribution in [2.24, 2.45) is 0 Å². The molecular formula is C13H12F2N2O2S. The maximum Gasteiger partial charge on any atom is 0.343 e. The number of rotatable bonds is 4. The van der Waals surface area contributed by atoms with E-state index >= 15 is 0 Å². The maximum absolute atomic E-state index is 13.6. The van der Waals surface area contributed by atoms with Crippen LogP contribution in [0.2, 0.25) is 0 Å². The van der Waals surface area contributed by atoms with Crippen LogP contribution < -0.4 is 5.32 Å². The third kappa shape index (κ3) is 2.77. The minimum atomic E-state index is -1.01. The van der Waals surface area contributed by atoms with Crippen LogP contribution in [0.25, 0.3) is 0 Å². The van der Waals surface area contributed by atoms with Crippen molar-refractivity contribution < 1.29 is 18.3 Å². The lowest BCUT2D eigenvalue weighted by atomic mass is 10.2. The predicted octanol–water partition coefficient (Wildman–Crippen LogP) is 3.65.